The van der Waals surface area contributed by atoms with Crippen LogP contribution in [0, 0.1) is 19.7 Å². The van der Waals surface area contributed by atoms with E-state index in [1.54, 1.807) is 6.07 Å². The van der Waals surface area contributed by atoms with Gasteiger partial charge >= 0.3 is 0 Å². The number of carbonyl (C=O) groups is 1. The third kappa shape index (κ3) is 2.22. The predicted octanol–water partition coefficient (Wildman–Crippen LogP) is 3.32. The van der Waals surface area contributed by atoms with E-state index in [1.165, 1.54) is 29.5 Å². The minimum Gasteiger partial charge on any atom is -0.399 e. The number of hydrogen-bond acceptors (Lipinski definition) is 3. The second kappa shape index (κ2) is 4.30. The zero-order valence-electron chi connectivity index (χ0n) is 9.58. The summed E-state index contributed by atoms with van der Waals surface area (Å²) in [5, 5.41) is 0. The number of ketones is 1. The highest BCUT2D eigenvalue weighted by molar-refractivity contribution is 7.12. The first-order chi connectivity index (χ1) is 7.99. The van der Waals surface area contributed by atoms with Crippen molar-refractivity contribution in [3.05, 3.63) is 51.0 Å². The van der Waals surface area contributed by atoms with Gasteiger partial charge in [-0.1, -0.05) is 0 Å². The van der Waals surface area contributed by atoms with Crippen LogP contribution >= 0.6 is 11.3 Å². The number of anilines is 1. The Bertz CT molecular complexity index is 589. The molecule has 1 aromatic heterocycles. The molecule has 0 aliphatic rings. The quantitative estimate of drug-likeness (QED) is 0.655. The number of aryl methyl sites for hydroxylation is 2. The number of nitrogen functional groups attached to an aromatic ring is 1. The van der Waals surface area contributed by atoms with Crippen LogP contribution in [-0.4, -0.2) is 5.78 Å². The minimum atomic E-state index is -0.571. The lowest BCUT2D eigenvalue weighted by Crippen LogP contribution is -2.05. The summed E-state index contributed by atoms with van der Waals surface area (Å²) in [6.07, 6.45) is 0. The molecular weight excluding hydrogens is 237 g/mol. The summed E-state index contributed by atoms with van der Waals surface area (Å²) in [7, 11) is 0. The highest BCUT2D eigenvalue weighted by Gasteiger charge is 2.17. The normalized spacial score (nSPS) is 10.5. The predicted molar refractivity (Wildman–Crippen MR) is 68.0 cm³/mol. The van der Waals surface area contributed by atoms with Crippen LogP contribution in [0.4, 0.5) is 10.1 Å². The molecule has 0 radical (unpaired) electrons. The molecule has 0 aliphatic heterocycles. The van der Waals surface area contributed by atoms with Gasteiger partial charge in [0.2, 0.25) is 0 Å². The monoisotopic (exact) mass is 249 g/mol. The van der Waals surface area contributed by atoms with Crippen LogP contribution < -0.4 is 5.73 Å². The van der Waals surface area contributed by atoms with Crippen LogP contribution in [0.1, 0.15) is 25.7 Å². The molecule has 4 heteroatoms. The van der Waals surface area contributed by atoms with E-state index >= 15 is 0 Å². The van der Waals surface area contributed by atoms with Gasteiger partial charge in [-0.25, -0.2) is 4.39 Å². The zero-order valence-corrected chi connectivity index (χ0v) is 10.4. The maximum absolute atomic E-state index is 13.6. The minimum absolute atomic E-state index is 0.0695. The summed E-state index contributed by atoms with van der Waals surface area (Å²) in [5.74, 6) is -0.859. The molecule has 1 aromatic carbocycles. The molecule has 0 saturated carbocycles. The Morgan fingerprint density at radius 1 is 1.24 bits per heavy atom. The molecule has 88 valence electrons. The van der Waals surface area contributed by atoms with Gasteiger partial charge in [0.05, 0.1) is 5.56 Å². The second-order valence-corrected chi connectivity index (χ2v) is 5.36. The van der Waals surface area contributed by atoms with Gasteiger partial charge in [-0.3, -0.25) is 4.79 Å². The molecule has 0 spiro atoms. The molecule has 17 heavy (non-hydrogen) atoms. The second-order valence-electron chi connectivity index (χ2n) is 3.90. The maximum Gasteiger partial charge on any atom is 0.197 e. The summed E-state index contributed by atoms with van der Waals surface area (Å²) in [4.78, 5) is 14.1. The van der Waals surface area contributed by atoms with Gasteiger partial charge in [0.1, 0.15) is 5.82 Å². The molecule has 2 nitrogen and oxygen atoms in total. The smallest absolute Gasteiger partial charge is 0.197 e. The molecule has 0 amide bonds. The lowest BCUT2D eigenvalue weighted by atomic mass is 10.0. The van der Waals surface area contributed by atoms with E-state index in [0.29, 0.717) is 11.3 Å². The SMILES string of the molecule is Cc1cc(C(=O)c2ccc(N)cc2F)c(C)s1. The Morgan fingerprint density at radius 2 is 1.94 bits per heavy atom. The highest BCUT2D eigenvalue weighted by Crippen LogP contribution is 2.24. The molecule has 0 bridgehead atoms. The maximum atomic E-state index is 13.6. The van der Waals surface area contributed by atoms with Crippen LogP contribution in [0.3, 0.4) is 0 Å². The van der Waals surface area contributed by atoms with E-state index in [-0.39, 0.29) is 11.3 Å². The first-order valence-electron chi connectivity index (χ1n) is 5.16. The van der Waals surface area contributed by atoms with Crippen molar-refractivity contribution >= 4 is 22.8 Å². The van der Waals surface area contributed by atoms with E-state index < -0.39 is 5.82 Å². The fraction of sp³-hybridized carbons (Fsp3) is 0.154. The first-order valence-corrected chi connectivity index (χ1v) is 5.97. The third-order valence-corrected chi connectivity index (χ3v) is 3.49. The van der Waals surface area contributed by atoms with Crippen molar-refractivity contribution in [1.82, 2.24) is 0 Å². The van der Waals surface area contributed by atoms with Crippen molar-refractivity contribution < 1.29 is 9.18 Å². The Balaban J connectivity index is 2.47. The summed E-state index contributed by atoms with van der Waals surface area (Å²) in [6, 6.07) is 5.92. The van der Waals surface area contributed by atoms with Crippen molar-refractivity contribution in [1.29, 1.82) is 0 Å². The number of rotatable bonds is 2. The van der Waals surface area contributed by atoms with Gasteiger partial charge in [-0.2, -0.15) is 0 Å². The molecule has 0 atom stereocenters. The molecule has 2 rings (SSSR count). The molecule has 2 N–H and O–H groups in total. The molecule has 0 fully saturated rings. The molecule has 1 heterocycles. The molecule has 0 unspecified atom stereocenters. The Kier molecular flexibility index (Phi) is 2.98. The summed E-state index contributed by atoms with van der Waals surface area (Å²) < 4.78 is 13.6. The summed E-state index contributed by atoms with van der Waals surface area (Å²) in [5.41, 5.74) is 6.40. The standard InChI is InChI=1S/C13H12FNOS/c1-7-5-11(8(2)17-7)13(16)10-4-3-9(15)6-12(10)14/h3-6H,15H2,1-2H3. The van der Waals surface area contributed by atoms with Crippen molar-refractivity contribution in [2.75, 3.05) is 5.73 Å². The van der Waals surface area contributed by atoms with E-state index in [0.717, 1.165) is 9.75 Å². The van der Waals surface area contributed by atoms with E-state index in [1.807, 2.05) is 13.8 Å². The summed E-state index contributed by atoms with van der Waals surface area (Å²) >= 11 is 1.53. The van der Waals surface area contributed by atoms with Crippen LogP contribution in [-0.2, 0) is 0 Å². The first kappa shape index (κ1) is 11.8. The van der Waals surface area contributed by atoms with Crippen LogP contribution in [0.15, 0.2) is 24.3 Å². The largest absolute Gasteiger partial charge is 0.399 e. The third-order valence-electron chi connectivity index (χ3n) is 2.52. The lowest BCUT2D eigenvalue weighted by Gasteiger charge is -2.03. The zero-order chi connectivity index (χ0) is 12.6. The molecular formula is C13H12FNOS. The van der Waals surface area contributed by atoms with Gasteiger partial charge in [-0.15, -0.1) is 11.3 Å². The fourth-order valence-electron chi connectivity index (χ4n) is 1.72. The van der Waals surface area contributed by atoms with E-state index in [9.17, 15) is 9.18 Å². The summed E-state index contributed by atoms with van der Waals surface area (Å²) in [6.45, 7) is 3.79. The average molecular weight is 249 g/mol. The Hall–Kier alpha value is -1.68. The molecule has 0 saturated heterocycles. The van der Waals surface area contributed by atoms with Gasteiger partial charge in [0.25, 0.3) is 0 Å². The van der Waals surface area contributed by atoms with Crippen molar-refractivity contribution in [3.63, 3.8) is 0 Å². The van der Waals surface area contributed by atoms with Gasteiger partial charge in [0, 0.05) is 21.0 Å². The number of thiophene rings is 1. The van der Waals surface area contributed by atoms with Crippen LogP contribution in [0.5, 0.6) is 0 Å². The molecule has 0 aliphatic carbocycles. The number of benzene rings is 1. The fourth-order valence-corrected chi connectivity index (χ4v) is 2.64. The topological polar surface area (TPSA) is 43.1 Å². The number of halogens is 1. The van der Waals surface area contributed by atoms with Crippen molar-refractivity contribution in [2.45, 2.75) is 13.8 Å². The van der Waals surface area contributed by atoms with Crippen LogP contribution in [0.2, 0.25) is 0 Å². The molecule has 2 aromatic rings. The number of nitrogens with two attached hydrogens (primary N) is 1. The number of hydrogen-bond donors (Lipinski definition) is 1. The van der Waals surface area contributed by atoms with E-state index in [2.05, 4.69) is 0 Å². The van der Waals surface area contributed by atoms with Crippen LogP contribution in [0.25, 0.3) is 0 Å². The number of carbonyl (C=O) groups excluding carboxylic acids is 1. The average Bonchev–Trinajstić information content (AvgIpc) is 2.57. The van der Waals surface area contributed by atoms with Gasteiger partial charge < -0.3 is 5.73 Å². The van der Waals surface area contributed by atoms with Crippen molar-refractivity contribution in [3.8, 4) is 0 Å². The van der Waals surface area contributed by atoms with Gasteiger partial charge in [-0.05, 0) is 38.1 Å². The Labute approximate surface area is 103 Å². The Morgan fingerprint density at radius 3 is 2.47 bits per heavy atom. The van der Waals surface area contributed by atoms with Gasteiger partial charge in [0.15, 0.2) is 5.78 Å². The highest BCUT2D eigenvalue weighted by atomic mass is 32.1. The lowest BCUT2D eigenvalue weighted by molar-refractivity contribution is 0.103. The van der Waals surface area contributed by atoms with E-state index in [4.69, 9.17) is 5.73 Å². The van der Waals surface area contributed by atoms with Crippen molar-refractivity contribution in [2.24, 2.45) is 0 Å².